The Morgan fingerprint density at radius 2 is 2.29 bits per heavy atom. The minimum Gasteiger partial charge on any atom is -0.510 e. The zero-order chi connectivity index (χ0) is 12.6. The molecular formula is C12H14O5. The molecule has 0 amide bonds. The first-order valence-corrected chi connectivity index (χ1v) is 5.70. The second-order valence-electron chi connectivity index (χ2n) is 4.37. The molecule has 0 aromatic carbocycles. The van der Waals surface area contributed by atoms with Gasteiger partial charge < -0.3 is 9.84 Å². The average Bonchev–Trinajstić information content (AvgIpc) is 2.27. The number of Topliss-reactive ketones (excluding diaryl/α,β-unsaturated/α-hetero) is 1. The van der Waals surface area contributed by atoms with Crippen molar-refractivity contribution in [2.45, 2.75) is 26.2 Å². The number of esters is 1. The second-order valence-corrected chi connectivity index (χ2v) is 4.37. The maximum Gasteiger partial charge on any atom is 0.327 e. The average molecular weight is 238 g/mol. The molecule has 5 heteroatoms. The number of aliphatic hydroxyl groups excluding tert-OH is 1. The summed E-state index contributed by atoms with van der Waals surface area (Å²) in [5.41, 5.74) is -1.62. The monoisotopic (exact) mass is 238 g/mol. The third kappa shape index (κ3) is 1.49. The Morgan fingerprint density at radius 1 is 1.59 bits per heavy atom. The SMILES string of the molecule is CCOC(=O)[C@]12CCC[C@H](C(=O)C=C1O)C2=O. The van der Waals surface area contributed by atoms with Crippen LogP contribution in [0.3, 0.4) is 0 Å². The van der Waals surface area contributed by atoms with E-state index in [4.69, 9.17) is 4.74 Å². The van der Waals surface area contributed by atoms with E-state index in [1.165, 1.54) is 0 Å². The second kappa shape index (κ2) is 3.98. The summed E-state index contributed by atoms with van der Waals surface area (Å²) >= 11 is 0. The summed E-state index contributed by atoms with van der Waals surface area (Å²) in [6, 6.07) is 0. The van der Waals surface area contributed by atoms with E-state index in [0.717, 1.165) is 6.08 Å². The Bertz CT molecular complexity index is 423. The van der Waals surface area contributed by atoms with Crippen molar-refractivity contribution >= 4 is 17.5 Å². The molecule has 2 aliphatic carbocycles. The van der Waals surface area contributed by atoms with E-state index in [-0.39, 0.29) is 13.0 Å². The van der Waals surface area contributed by atoms with Crippen molar-refractivity contribution in [3.8, 4) is 0 Å². The van der Waals surface area contributed by atoms with E-state index >= 15 is 0 Å². The lowest BCUT2D eigenvalue weighted by Crippen LogP contribution is -2.52. The fourth-order valence-electron chi connectivity index (χ4n) is 2.57. The van der Waals surface area contributed by atoms with Gasteiger partial charge in [-0.2, -0.15) is 0 Å². The third-order valence-electron chi connectivity index (χ3n) is 3.47. The number of allylic oxidation sites excluding steroid dienone is 1. The highest BCUT2D eigenvalue weighted by atomic mass is 16.5. The van der Waals surface area contributed by atoms with Gasteiger partial charge in [-0.05, 0) is 19.8 Å². The van der Waals surface area contributed by atoms with Crippen LogP contribution >= 0.6 is 0 Å². The predicted molar refractivity (Wildman–Crippen MR) is 57.1 cm³/mol. The van der Waals surface area contributed by atoms with E-state index in [2.05, 4.69) is 0 Å². The predicted octanol–water partition coefficient (Wildman–Crippen LogP) is 0.930. The Hall–Kier alpha value is -1.65. The Balaban J connectivity index is 2.49. The van der Waals surface area contributed by atoms with Gasteiger partial charge in [0.25, 0.3) is 0 Å². The highest BCUT2D eigenvalue weighted by Crippen LogP contribution is 2.45. The van der Waals surface area contributed by atoms with Crippen LogP contribution in [0, 0.1) is 11.3 Å². The molecule has 1 N–H and O–H groups in total. The molecule has 0 unspecified atom stereocenters. The fourth-order valence-corrected chi connectivity index (χ4v) is 2.57. The zero-order valence-corrected chi connectivity index (χ0v) is 9.56. The van der Waals surface area contributed by atoms with Crippen LogP contribution in [0.5, 0.6) is 0 Å². The Morgan fingerprint density at radius 3 is 2.94 bits per heavy atom. The Labute approximate surface area is 98.4 Å². The lowest BCUT2D eigenvalue weighted by atomic mass is 9.63. The number of aliphatic hydroxyl groups is 1. The van der Waals surface area contributed by atoms with Crippen molar-refractivity contribution in [3.63, 3.8) is 0 Å². The first-order chi connectivity index (χ1) is 8.04. The molecule has 1 fully saturated rings. The standard InChI is InChI=1S/C12H14O5/c1-2-17-11(16)12-5-3-4-7(10(12)15)8(13)6-9(12)14/h6-7,14H,2-5H2,1H3/t7-,12-/m1/s1. The van der Waals surface area contributed by atoms with Gasteiger partial charge in [0, 0.05) is 6.08 Å². The first kappa shape index (κ1) is 11.8. The lowest BCUT2D eigenvalue weighted by molar-refractivity contribution is -0.164. The van der Waals surface area contributed by atoms with E-state index in [1.807, 2.05) is 0 Å². The molecule has 1 saturated carbocycles. The van der Waals surface area contributed by atoms with Gasteiger partial charge in [0.1, 0.15) is 5.76 Å². The lowest BCUT2D eigenvalue weighted by Gasteiger charge is -2.38. The van der Waals surface area contributed by atoms with Gasteiger partial charge in [-0.25, -0.2) is 0 Å². The van der Waals surface area contributed by atoms with Crippen LogP contribution < -0.4 is 0 Å². The molecule has 92 valence electrons. The molecule has 0 aromatic heterocycles. The zero-order valence-electron chi connectivity index (χ0n) is 9.56. The van der Waals surface area contributed by atoms with Gasteiger partial charge in [0.2, 0.25) is 0 Å². The molecule has 5 nitrogen and oxygen atoms in total. The molecule has 0 aliphatic heterocycles. The van der Waals surface area contributed by atoms with Gasteiger partial charge in [-0.15, -0.1) is 0 Å². The molecule has 17 heavy (non-hydrogen) atoms. The number of fused-ring (bicyclic) bond motifs is 2. The molecule has 0 spiro atoms. The third-order valence-corrected chi connectivity index (χ3v) is 3.47. The summed E-state index contributed by atoms with van der Waals surface area (Å²) in [6.07, 6.45) is 2.22. The van der Waals surface area contributed by atoms with Crippen LogP contribution in [-0.2, 0) is 19.1 Å². The maximum atomic E-state index is 12.1. The molecular weight excluding hydrogens is 224 g/mol. The minimum absolute atomic E-state index is 0.139. The highest BCUT2D eigenvalue weighted by molar-refractivity contribution is 6.20. The fraction of sp³-hybridized carbons (Fsp3) is 0.583. The van der Waals surface area contributed by atoms with Crippen molar-refractivity contribution in [2.75, 3.05) is 6.61 Å². The van der Waals surface area contributed by atoms with Gasteiger partial charge >= 0.3 is 5.97 Å². The van der Waals surface area contributed by atoms with Crippen LogP contribution in [0.15, 0.2) is 11.8 Å². The van der Waals surface area contributed by atoms with Gasteiger partial charge in [0.05, 0.1) is 12.5 Å². The summed E-state index contributed by atoms with van der Waals surface area (Å²) < 4.78 is 4.86. The maximum absolute atomic E-state index is 12.1. The first-order valence-electron chi connectivity index (χ1n) is 5.70. The number of hydrogen-bond donors (Lipinski definition) is 1. The van der Waals surface area contributed by atoms with Crippen LogP contribution in [0.2, 0.25) is 0 Å². The molecule has 2 bridgehead atoms. The molecule has 0 saturated heterocycles. The number of hydrogen-bond acceptors (Lipinski definition) is 5. The summed E-state index contributed by atoms with van der Waals surface area (Å²) in [4.78, 5) is 35.6. The normalized spacial score (nSPS) is 32.1. The summed E-state index contributed by atoms with van der Waals surface area (Å²) in [5, 5.41) is 9.83. The number of ketones is 2. The summed E-state index contributed by atoms with van der Waals surface area (Å²) in [7, 11) is 0. The van der Waals surface area contributed by atoms with E-state index in [1.54, 1.807) is 6.92 Å². The van der Waals surface area contributed by atoms with Crippen molar-refractivity contribution in [1.29, 1.82) is 0 Å². The summed E-state index contributed by atoms with van der Waals surface area (Å²) in [6.45, 7) is 1.77. The van der Waals surface area contributed by atoms with Crippen LogP contribution in [0.4, 0.5) is 0 Å². The smallest absolute Gasteiger partial charge is 0.327 e. The van der Waals surface area contributed by atoms with E-state index in [9.17, 15) is 19.5 Å². The molecule has 0 heterocycles. The quantitative estimate of drug-likeness (QED) is 0.571. The molecule has 2 atom stereocenters. The highest BCUT2D eigenvalue weighted by Gasteiger charge is 2.58. The van der Waals surface area contributed by atoms with Gasteiger partial charge in [-0.1, -0.05) is 6.42 Å². The van der Waals surface area contributed by atoms with Gasteiger partial charge in [-0.3, -0.25) is 14.4 Å². The number of ether oxygens (including phenoxy) is 1. The van der Waals surface area contributed by atoms with E-state index in [0.29, 0.717) is 12.8 Å². The summed E-state index contributed by atoms with van der Waals surface area (Å²) in [5.74, 6) is -2.90. The van der Waals surface area contributed by atoms with Crippen molar-refractivity contribution in [2.24, 2.45) is 11.3 Å². The molecule has 2 aliphatic rings. The number of carbonyl (C=O) groups excluding carboxylic acids is 3. The van der Waals surface area contributed by atoms with E-state index < -0.39 is 34.6 Å². The molecule has 0 radical (unpaired) electrons. The van der Waals surface area contributed by atoms with Crippen LogP contribution in [-0.4, -0.2) is 29.2 Å². The largest absolute Gasteiger partial charge is 0.510 e. The van der Waals surface area contributed by atoms with Gasteiger partial charge in [0.15, 0.2) is 17.0 Å². The van der Waals surface area contributed by atoms with Crippen molar-refractivity contribution < 1.29 is 24.2 Å². The minimum atomic E-state index is -1.62. The molecule has 2 rings (SSSR count). The number of carbonyl (C=O) groups is 3. The topological polar surface area (TPSA) is 80.7 Å². The van der Waals surface area contributed by atoms with Crippen LogP contribution in [0.1, 0.15) is 26.2 Å². The van der Waals surface area contributed by atoms with Crippen LogP contribution in [0.25, 0.3) is 0 Å². The van der Waals surface area contributed by atoms with Crippen molar-refractivity contribution in [1.82, 2.24) is 0 Å². The Kier molecular flexibility index (Phi) is 2.77. The van der Waals surface area contributed by atoms with Crippen molar-refractivity contribution in [3.05, 3.63) is 11.8 Å². The number of rotatable bonds is 2. The molecule has 0 aromatic rings.